The van der Waals surface area contributed by atoms with E-state index in [9.17, 15) is 4.79 Å². The highest BCUT2D eigenvalue weighted by Crippen LogP contribution is 2.25. The minimum Gasteiger partial charge on any atom is -0.497 e. The molecule has 2 aromatic heterocycles. The van der Waals surface area contributed by atoms with Crippen molar-refractivity contribution in [2.24, 2.45) is 5.10 Å². The van der Waals surface area contributed by atoms with E-state index in [1.54, 1.807) is 20.4 Å². The summed E-state index contributed by atoms with van der Waals surface area (Å²) < 4.78 is 12.1. The Balaban J connectivity index is 1.47. The van der Waals surface area contributed by atoms with Crippen molar-refractivity contribution < 1.29 is 9.47 Å². The molecule has 4 aromatic rings. The minimum atomic E-state index is -0.257. The second kappa shape index (κ2) is 8.47. The molecule has 164 valence electrons. The fourth-order valence-electron chi connectivity index (χ4n) is 4.25. The zero-order valence-corrected chi connectivity index (χ0v) is 18.2. The van der Waals surface area contributed by atoms with E-state index < -0.39 is 0 Å². The number of nitrogens with zero attached hydrogens (tertiary/aromatic N) is 4. The van der Waals surface area contributed by atoms with Crippen LogP contribution in [-0.4, -0.2) is 53.1 Å². The highest BCUT2D eigenvalue weighted by Gasteiger charge is 2.15. The number of likely N-dealkylation sites (tertiary alicyclic amines) is 1. The predicted octanol–water partition coefficient (Wildman–Crippen LogP) is 3.37. The number of H-pyrrole nitrogens is 1. The van der Waals surface area contributed by atoms with Crippen molar-refractivity contribution in [3.8, 4) is 11.5 Å². The molecule has 8 heteroatoms. The van der Waals surface area contributed by atoms with Gasteiger partial charge in [-0.05, 0) is 61.8 Å². The second-order valence-corrected chi connectivity index (χ2v) is 7.95. The molecule has 1 N–H and O–H groups in total. The van der Waals surface area contributed by atoms with Gasteiger partial charge >= 0.3 is 0 Å². The molecule has 0 amide bonds. The van der Waals surface area contributed by atoms with E-state index >= 15 is 0 Å². The summed E-state index contributed by atoms with van der Waals surface area (Å²) in [6.45, 7) is 3.06. The molecular formula is C24H25N5O3. The first-order valence-corrected chi connectivity index (χ1v) is 10.7. The lowest BCUT2D eigenvalue weighted by molar-refractivity contribution is 0.321. The van der Waals surface area contributed by atoms with Crippen molar-refractivity contribution in [2.75, 3.05) is 27.3 Å². The third kappa shape index (κ3) is 3.73. The molecule has 1 aliphatic heterocycles. The van der Waals surface area contributed by atoms with Crippen molar-refractivity contribution >= 4 is 28.2 Å². The van der Waals surface area contributed by atoms with Gasteiger partial charge in [-0.15, -0.1) is 0 Å². The number of benzene rings is 2. The van der Waals surface area contributed by atoms with E-state index in [1.807, 2.05) is 30.3 Å². The van der Waals surface area contributed by atoms with Gasteiger partial charge in [0.15, 0.2) is 0 Å². The molecule has 1 aliphatic rings. The first-order chi connectivity index (χ1) is 15.7. The topological polar surface area (TPSA) is 84.7 Å². The number of aromatic nitrogens is 3. The van der Waals surface area contributed by atoms with E-state index in [1.165, 1.54) is 23.8 Å². The normalized spacial score (nSPS) is 14.7. The SMILES string of the molecule is COc1ccc2c(c1)[nH]c1c(=O)n(/N=C/c3ccc(OC)c(CN4CCCC4)c3)cnc12. The lowest BCUT2D eigenvalue weighted by atomic mass is 10.1. The van der Waals surface area contributed by atoms with Gasteiger partial charge < -0.3 is 14.5 Å². The number of nitrogens with one attached hydrogen (secondary N) is 1. The van der Waals surface area contributed by atoms with Crippen molar-refractivity contribution in [2.45, 2.75) is 19.4 Å². The molecule has 0 aliphatic carbocycles. The van der Waals surface area contributed by atoms with Crippen LogP contribution >= 0.6 is 0 Å². The van der Waals surface area contributed by atoms with Gasteiger partial charge in [0.1, 0.15) is 28.9 Å². The molecule has 0 atom stereocenters. The maximum atomic E-state index is 13.0. The quantitative estimate of drug-likeness (QED) is 0.473. The molecule has 0 spiro atoms. The number of fused-ring (bicyclic) bond motifs is 3. The minimum absolute atomic E-state index is 0.257. The van der Waals surface area contributed by atoms with Gasteiger partial charge in [-0.1, -0.05) is 0 Å². The summed E-state index contributed by atoms with van der Waals surface area (Å²) in [4.78, 5) is 23.0. The zero-order valence-electron chi connectivity index (χ0n) is 18.2. The van der Waals surface area contributed by atoms with E-state index in [0.717, 1.165) is 47.4 Å². The monoisotopic (exact) mass is 431 g/mol. The lowest BCUT2D eigenvalue weighted by Crippen LogP contribution is -2.19. The average molecular weight is 431 g/mol. The number of rotatable bonds is 6. The van der Waals surface area contributed by atoms with E-state index in [4.69, 9.17) is 9.47 Å². The summed E-state index contributed by atoms with van der Waals surface area (Å²) in [5.41, 5.74) is 3.59. The van der Waals surface area contributed by atoms with Crippen molar-refractivity contribution in [1.29, 1.82) is 0 Å². The van der Waals surface area contributed by atoms with Crippen molar-refractivity contribution in [1.82, 2.24) is 19.5 Å². The maximum Gasteiger partial charge on any atom is 0.298 e. The van der Waals surface area contributed by atoms with Crippen molar-refractivity contribution in [3.05, 3.63) is 64.2 Å². The Labute approximate surface area is 185 Å². The van der Waals surface area contributed by atoms with Gasteiger partial charge in [-0.3, -0.25) is 9.69 Å². The summed E-state index contributed by atoms with van der Waals surface area (Å²) in [7, 11) is 3.30. The van der Waals surface area contributed by atoms with Gasteiger partial charge in [0.2, 0.25) is 0 Å². The fraction of sp³-hybridized carbons (Fsp3) is 0.292. The number of methoxy groups -OCH3 is 2. The van der Waals surface area contributed by atoms with Gasteiger partial charge in [-0.2, -0.15) is 9.78 Å². The molecule has 2 aromatic carbocycles. The molecule has 1 saturated heterocycles. The van der Waals surface area contributed by atoms with Crippen LogP contribution in [0.2, 0.25) is 0 Å². The zero-order chi connectivity index (χ0) is 22.1. The Bertz CT molecular complexity index is 1370. The molecule has 5 rings (SSSR count). The Hall–Kier alpha value is -3.65. The Morgan fingerprint density at radius 1 is 1.12 bits per heavy atom. The van der Waals surface area contributed by atoms with Gasteiger partial charge in [0, 0.05) is 23.6 Å². The fourth-order valence-corrected chi connectivity index (χ4v) is 4.25. The van der Waals surface area contributed by atoms with Gasteiger partial charge in [0.25, 0.3) is 5.56 Å². The summed E-state index contributed by atoms with van der Waals surface area (Å²) in [5.74, 6) is 1.58. The standard InChI is InChI=1S/C24H25N5O3/c1-31-18-6-7-19-20(12-18)27-23-22(19)25-15-29(24(23)30)26-13-16-5-8-21(32-2)17(11-16)14-28-9-3-4-10-28/h5-8,11-13,15,27H,3-4,9-10,14H2,1-2H3/b26-13+. The molecule has 0 unspecified atom stereocenters. The highest BCUT2D eigenvalue weighted by atomic mass is 16.5. The third-order valence-electron chi connectivity index (χ3n) is 5.92. The van der Waals surface area contributed by atoms with Crippen LogP contribution in [0.15, 0.2) is 52.6 Å². The Morgan fingerprint density at radius 2 is 1.97 bits per heavy atom. The van der Waals surface area contributed by atoms with Gasteiger partial charge in [-0.25, -0.2) is 4.98 Å². The maximum absolute atomic E-state index is 13.0. The first kappa shape index (κ1) is 20.3. The summed E-state index contributed by atoms with van der Waals surface area (Å²) in [6, 6.07) is 11.5. The Morgan fingerprint density at radius 3 is 2.75 bits per heavy atom. The highest BCUT2D eigenvalue weighted by molar-refractivity contribution is 6.04. The molecule has 0 saturated carbocycles. The third-order valence-corrected chi connectivity index (χ3v) is 5.92. The number of ether oxygens (including phenoxy) is 2. The Kier molecular flexibility index (Phi) is 5.36. The molecule has 0 bridgehead atoms. The van der Waals surface area contributed by atoms with Crippen LogP contribution < -0.4 is 15.0 Å². The average Bonchev–Trinajstić information content (AvgIpc) is 3.46. The second-order valence-electron chi connectivity index (χ2n) is 7.95. The molecule has 1 fully saturated rings. The lowest BCUT2D eigenvalue weighted by Gasteiger charge is -2.17. The van der Waals surface area contributed by atoms with Crippen LogP contribution in [0, 0.1) is 0 Å². The number of aromatic amines is 1. The molecule has 3 heterocycles. The predicted molar refractivity (Wildman–Crippen MR) is 125 cm³/mol. The number of hydrogen-bond acceptors (Lipinski definition) is 6. The van der Waals surface area contributed by atoms with Crippen LogP contribution in [-0.2, 0) is 6.54 Å². The first-order valence-electron chi connectivity index (χ1n) is 10.7. The van der Waals surface area contributed by atoms with E-state index in [0.29, 0.717) is 16.8 Å². The molecule has 8 nitrogen and oxygen atoms in total. The van der Waals surface area contributed by atoms with Crippen LogP contribution in [0.1, 0.15) is 24.0 Å². The van der Waals surface area contributed by atoms with Crippen LogP contribution in [0.4, 0.5) is 0 Å². The van der Waals surface area contributed by atoms with Crippen LogP contribution in [0.25, 0.3) is 21.9 Å². The molecule has 0 radical (unpaired) electrons. The molecular weight excluding hydrogens is 406 g/mol. The number of hydrogen-bond donors (Lipinski definition) is 1. The largest absolute Gasteiger partial charge is 0.497 e. The summed E-state index contributed by atoms with van der Waals surface area (Å²) in [6.07, 6.45) is 5.60. The van der Waals surface area contributed by atoms with Gasteiger partial charge in [0.05, 0.1) is 26.0 Å². The summed E-state index contributed by atoms with van der Waals surface area (Å²) >= 11 is 0. The van der Waals surface area contributed by atoms with Crippen LogP contribution in [0.5, 0.6) is 11.5 Å². The van der Waals surface area contributed by atoms with E-state index in [-0.39, 0.29) is 5.56 Å². The van der Waals surface area contributed by atoms with Crippen LogP contribution in [0.3, 0.4) is 0 Å². The van der Waals surface area contributed by atoms with E-state index in [2.05, 4.69) is 26.0 Å². The smallest absolute Gasteiger partial charge is 0.298 e. The van der Waals surface area contributed by atoms with Crippen molar-refractivity contribution in [3.63, 3.8) is 0 Å². The molecule has 32 heavy (non-hydrogen) atoms. The summed E-state index contributed by atoms with van der Waals surface area (Å²) in [5, 5.41) is 5.25.